The number of carboxylic acids is 1. The molecule has 0 spiro atoms. The van der Waals surface area contributed by atoms with Crippen LogP contribution >= 0.6 is 11.3 Å². The number of aliphatic hydroxyl groups is 1. The maximum absolute atomic E-state index is 10.3. The molecule has 4 nitrogen and oxygen atoms in total. The molecule has 0 amide bonds. The van der Waals surface area contributed by atoms with Gasteiger partial charge in [0.2, 0.25) is 0 Å². The zero-order valence-electron chi connectivity index (χ0n) is 6.36. The molecule has 0 fully saturated rings. The van der Waals surface area contributed by atoms with Gasteiger partial charge in [0.1, 0.15) is 0 Å². The smallest absolute Gasteiger partial charge is 0.309 e. The SMILES string of the molecule is O=C(O)Cc1csc(CCO)n1. The van der Waals surface area contributed by atoms with Crippen LogP contribution in [-0.2, 0) is 17.6 Å². The van der Waals surface area contributed by atoms with Crippen molar-refractivity contribution >= 4 is 17.3 Å². The lowest BCUT2D eigenvalue weighted by Gasteiger charge is -1.88. The van der Waals surface area contributed by atoms with Crippen LogP contribution in [0.2, 0.25) is 0 Å². The Morgan fingerprint density at radius 1 is 1.67 bits per heavy atom. The zero-order valence-corrected chi connectivity index (χ0v) is 7.17. The highest BCUT2D eigenvalue weighted by molar-refractivity contribution is 7.09. The van der Waals surface area contributed by atoms with E-state index in [1.807, 2.05) is 0 Å². The summed E-state index contributed by atoms with van der Waals surface area (Å²) in [6.07, 6.45) is 0.464. The van der Waals surface area contributed by atoms with E-state index in [9.17, 15) is 4.79 Å². The molecule has 0 radical (unpaired) electrons. The predicted molar refractivity (Wildman–Crippen MR) is 44.2 cm³/mol. The van der Waals surface area contributed by atoms with Gasteiger partial charge in [-0.15, -0.1) is 11.3 Å². The number of aromatic nitrogens is 1. The van der Waals surface area contributed by atoms with Crippen LogP contribution in [0.1, 0.15) is 10.7 Å². The van der Waals surface area contributed by atoms with Crippen LogP contribution in [0, 0.1) is 0 Å². The van der Waals surface area contributed by atoms with Gasteiger partial charge in [0.25, 0.3) is 0 Å². The summed E-state index contributed by atoms with van der Waals surface area (Å²) in [5.41, 5.74) is 0.566. The fourth-order valence-corrected chi connectivity index (χ4v) is 1.58. The van der Waals surface area contributed by atoms with Crippen molar-refractivity contribution in [2.75, 3.05) is 6.61 Å². The van der Waals surface area contributed by atoms with Crippen molar-refractivity contribution in [1.29, 1.82) is 0 Å². The highest BCUT2D eigenvalue weighted by Crippen LogP contribution is 2.10. The summed E-state index contributed by atoms with van der Waals surface area (Å²) in [7, 11) is 0. The third-order valence-electron chi connectivity index (χ3n) is 1.26. The first-order valence-electron chi connectivity index (χ1n) is 3.48. The summed E-state index contributed by atoms with van der Waals surface area (Å²) in [6, 6.07) is 0. The number of rotatable bonds is 4. The maximum atomic E-state index is 10.3. The lowest BCUT2D eigenvalue weighted by atomic mass is 10.3. The molecule has 66 valence electrons. The first kappa shape index (κ1) is 9.15. The van der Waals surface area contributed by atoms with E-state index in [0.29, 0.717) is 12.1 Å². The van der Waals surface area contributed by atoms with Gasteiger partial charge in [-0.1, -0.05) is 0 Å². The number of carbonyl (C=O) groups is 1. The van der Waals surface area contributed by atoms with Crippen LogP contribution in [-0.4, -0.2) is 27.8 Å². The number of hydrogen-bond donors (Lipinski definition) is 2. The monoisotopic (exact) mass is 187 g/mol. The fourth-order valence-electron chi connectivity index (χ4n) is 0.796. The molecule has 1 aromatic heterocycles. The summed E-state index contributed by atoms with van der Waals surface area (Å²) in [5, 5.41) is 19.5. The Balaban J connectivity index is 2.58. The van der Waals surface area contributed by atoms with Gasteiger partial charge in [0.15, 0.2) is 0 Å². The minimum atomic E-state index is -0.879. The minimum absolute atomic E-state index is 0.0398. The minimum Gasteiger partial charge on any atom is -0.481 e. The van der Waals surface area contributed by atoms with Gasteiger partial charge in [-0.25, -0.2) is 4.98 Å². The molecule has 0 aliphatic rings. The van der Waals surface area contributed by atoms with Crippen LogP contribution < -0.4 is 0 Å². The summed E-state index contributed by atoms with van der Waals surface area (Å²) < 4.78 is 0. The number of thiazole rings is 1. The Bertz CT molecular complexity index is 271. The van der Waals surface area contributed by atoms with Gasteiger partial charge in [-0.05, 0) is 0 Å². The average molecular weight is 187 g/mol. The lowest BCUT2D eigenvalue weighted by Crippen LogP contribution is -2.00. The molecule has 0 aliphatic carbocycles. The molecule has 0 bridgehead atoms. The van der Waals surface area contributed by atoms with Gasteiger partial charge >= 0.3 is 5.97 Å². The van der Waals surface area contributed by atoms with Gasteiger partial charge in [-0.3, -0.25) is 4.79 Å². The second-order valence-corrected chi connectivity index (χ2v) is 3.22. The van der Waals surface area contributed by atoms with E-state index in [0.717, 1.165) is 5.01 Å². The molecule has 1 heterocycles. The molecule has 0 aliphatic heterocycles. The quantitative estimate of drug-likeness (QED) is 0.711. The van der Waals surface area contributed by atoms with E-state index in [1.54, 1.807) is 5.38 Å². The van der Waals surface area contributed by atoms with Crippen molar-refractivity contribution in [3.8, 4) is 0 Å². The second-order valence-electron chi connectivity index (χ2n) is 2.28. The van der Waals surface area contributed by atoms with Crippen molar-refractivity contribution < 1.29 is 15.0 Å². The Labute approximate surface area is 73.5 Å². The third-order valence-corrected chi connectivity index (χ3v) is 2.21. The van der Waals surface area contributed by atoms with Crippen molar-refractivity contribution in [3.05, 3.63) is 16.1 Å². The van der Waals surface area contributed by atoms with Crippen molar-refractivity contribution in [2.24, 2.45) is 0 Å². The topological polar surface area (TPSA) is 70.4 Å². The number of aliphatic carboxylic acids is 1. The normalized spacial score (nSPS) is 10.1. The molecular weight excluding hydrogens is 178 g/mol. The zero-order chi connectivity index (χ0) is 8.97. The van der Waals surface area contributed by atoms with E-state index < -0.39 is 5.97 Å². The predicted octanol–water partition coefficient (Wildman–Crippen LogP) is 0.305. The Kier molecular flexibility index (Phi) is 3.19. The largest absolute Gasteiger partial charge is 0.481 e. The fraction of sp³-hybridized carbons (Fsp3) is 0.429. The molecular formula is C7H9NO3S. The molecule has 1 aromatic rings. The molecule has 2 N–H and O–H groups in total. The molecule has 0 unspecified atom stereocenters. The lowest BCUT2D eigenvalue weighted by molar-refractivity contribution is -0.136. The average Bonchev–Trinajstić information content (AvgIpc) is 2.36. The summed E-state index contributed by atoms with van der Waals surface area (Å²) >= 11 is 1.38. The summed E-state index contributed by atoms with van der Waals surface area (Å²) in [4.78, 5) is 14.3. The molecule has 0 saturated heterocycles. The number of aliphatic hydroxyl groups excluding tert-OH is 1. The molecule has 0 saturated carbocycles. The third kappa shape index (κ3) is 2.60. The van der Waals surface area contributed by atoms with Crippen LogP contribution in [0.3, 0.4) is 0 Å². The number of hydrogen-bond acceptors (Lipinski definition) is 4. The van der Waals surface area contributed by atoms with Crippen molar-refractivity contribution in [3.63, 3.8) is 0 Å². The number of nitrogens with zero attached hydrogens (tertiary/aromatic N) is 1. The highest BCUT2D eigenvalue weighted by atomic mass is 32.1. The molecule has 12 heavy (non-hydrogen) atoms. The van der Waals surface area contributed by atoms with Gasteiger partial charge < -0.3 is 10.2 Å². The van der Waals surface area contributed by atoms with E-state index in [2.05, 4.69) is 4.98 Å². The first-order valence-corrected chi connectivity index (χ1v) is 4.36. The van der Waals surface area contributed by atoms with E-state index in [1.165, 1.54) is 11.3 Å². The summed E-state index contributed by atoms with van der Waals surface area (Å²) in [5.74, 6) is -0.879. The van der Waals surface area contributed by atoms with Crippen LogP contribution in [0.5, 0.6) is 0 Å². The molecule has 5 heteroatoms. The Morgan fingerprint density at radius 2 is 2.42 bits per heavy atom. The van der Waals surface area contributed by atoms with Gasteiger partial charge in [-0.2, -0.15) is 0 Å². The molecule has 1 rings (SSSR count). The summed E-state index contributed by atoms with van der Waals surface area (Å²) in [6.45, 7) is 0.0556. The van der Waals surface area contributed by atoms with E-state index in [-0.39, 0.29) is 13.0 Å². The van der Waals surface area contributed by atoms with Crippen LogP contribution in [0.15, 0.2) is 5.38 Å². The van der Waals surface area contributed by atoms with Crippen molar-refractivity contribution in [2.45, 2.75) is 12.8 Å². The highest BCUT2D eigenvalue weighted by Gasteiger charge is 2.04. The first-order chi connectivity index (χ1) is 5.72. The number of carboxylic acid groups (broad SMARTS) is 1. The van der Waals surface area contributed by atoms with E-state index in [4.69, 9.17) is 10.2 Å². The van der Waals surface area contributed by atoms with Crippen LogP contribution in [0.25, 0.3) is 0 Å². The Hall–Kier alpha value is -0.940. The Morgan fingerprint density at radius 3 is 3.00 bits per heavy atom. The molecule has 0 aromatic carbocycles. The van der Waals surface area contributed by atoms with Gasteiger partial charge in [0.05, 0.1) is 17.1 Å². The van der Waals surface area contributed by atoms with Gasteiger partial charge in [0, 0.05) is 18.4 Å². The second kappa shape index (κ2) is 4.18. The maximum Gasteiger partial charge on any atom is 0.309 e. The van der Waals surface area contributed by atoms with Crippen molar-refractivity contribution in [1.82, 2.24) is 4.98 Å². The molecule has 0 atom stereocenters. The van der Waals surface area contributed by atoms with E-state index >= 15 is 0 Å². The van der Waals surface area contributed by atoms with Crippen LogP contribution in [0.4, 0.5) is 0 Å². The standard InChI is InChI=1S/C7H9NO3S/c9-2-1-6-8-5(4-12-6)3-7(10)11/h4,9H,1-3H2,(H,10,11).